The lowest BCUT2D eigenvalue weighted by molar-refractivity contribution is 0.102. The molecule has 0 saturated carbocycles. The summed E-state index contributed by atoms with van der Waals surface area (Å²) in [6.07, 6.45) is 2.91. The fourth-order valence-electron chi connectivity index (χ4n) is 1.57. The van der Waals surface area contributed by atoms with Gasteiger partial charge in [-0.3, -0.25) is 9.78 Å². The quantitative estimate of drug-likeness (QED) is 0.915. The van der Waals surface area contributed by atoms with Gasteiger partial charge < -0.3 is 10.4 Å². The minimum atomic E-state index is -0.401. The van der Waals surface area contributed by atoms with E-state index in [2.05, 4.69) is 10.3 Å². The SMILES string of the molecule is O=C(Nc1c(Cl)cccc1Cl)c1ccncc1CO. The van der Waals surface area contributed by atoms with Gasteiger partial charge in [0.2, 0.25) is 0 Å². The van der Waals surface area contributed by atoms with Crippen LogP contribution in [0.1, 0.15) is 15.9 Å². The van der Waals surface area contributed by atoms with Crippen LogP contribution in [0.3, 0.4) is 0 Å². The third-order valence-corrected chi connectivity index (χ3v) is 3.15. The highest BCUT2D eigenvalue weighted by molar-refractivity contribution is 6.40. The Labute approximate surface area is 120 Å². The van der Waals surface area contributed by atoms with Crippen LogP contribution in [-0.2, 0) is 6.61 Å². The second-order valence-corrected chi connectivity index (χ2v) is 4.56. The number of aromatic nitrogens is 1. The van der Waals surface area contributed by atoms with Crippen molar-refractivity contribution in [1.29, 1.82) is 0 Å². The minimum Gasteiger partial charge on any atom is -0.392 e. The van der Waals surface area contributed by atoms with Gasteiger partial charge in [-0.15, -0.1) is 0 Å². The first-order valence-corrected chi connectivity index (χ1v) is 6.18. The molecule has 1 amide bonds. The maximum absolute atomic E-state index is 12.1. The predicted octanol–water partition coefficient (Wildman–Crippen LogP) is 3.13. The van der Waals surface area contributed by atoms with Gasteiger partial charge in [0.15, 0.2) is 0 Å². The molecule has 2 aromatic rings. The van der Waals surface area contributed by atoms with Gasteiger partial charge >= 0.3 is 0 Å². The molecular weight excluding hydrogens is 287 g/mol. The summed E-state index contributed by atoms with van der Waals surface area (Å²) in [6.45, 7) is -0.271. The Kier molecular flexibility index (Phi) is 4.37. The zero-order valence-electron chi connectivity index (χ0n) is 9.73. The first-order chi connectivity index (χ1) is 9.13. The maximum Gasteiger partial charge on any atom is 0.256 e. The molecule has 0 unspecified atom stereocenters. The number of aliphatic hydroxyl groups is 1. The number of nitrogens with zero attached hydrogens (tertiary/aromatic N) is 1. The van der Waals surface area contributed by atoms with Crippen molar-refractivity contribution in [3.63, 3.8) is 0 Å². The molecule has 0 bridgehead atoms. The number of aliphatic hydroxyl groups excluding tert-OH is 1. The van der Waals surface area contributed by atoms with Gasteiger partial charge in [0, 0.05) is 23.5 Å². The normalized spacial score (nSPS) is 10.3. The van der Waals surface area contributed by atoms with Crippen LogP contribution in [0.15, 0.2) is 36.7 Å². The second-order valence-electron chi connectivity index (χ2n) is 3.74. The highest BCUT2D eigenvalue weighted by Crippen LogP contribution is 2.30. The minimum absolute atomic E-state index is 0.271. The van der Waals surface area contributed by atoms with Crippen LogP contribution < -0.4 is 5.32 Å². The standard InChI is InChI=1S/C13H10Cl2N2O2/c14-10-2-1-3-11(15)12(10)17-13(19)9-4-5-16-6-8(9)7-18/h1-6,18H,7H2,(H,17,19). The van der Waals surface area contributed by atoms with Gasteiger partial charge in [0.25, 0.3) is 5.91 Å². The molecule has 0 aliphatic heterocycles. The number of anilines is 1. The van der Waals surface area contributed by atoms with Crippen molar-refractivity contribution in [3.05, 3.63) is 57.8 Å². The summed E-state index contributed by atoms with van der Waals surface area (Å²) in [5.74, 6) is -0.401. The van der Waals surface area contributed by atoms with E-state index < -0.39 is 5.91 Å². The smallest absolute Gasteiger partial charge is 0.256 e. The molecular formula is C13H10Cl2N2O2. The summed E-state index contributed by atoms with van der Waals surface area (Å²) in [7, 11) is 0. The highest BCUT2D eigenvalue weighted by atomic mass is 35.5. The van der Waals surface area contributed by atoms with E-state index in [0.29, 0.717) is 26.9 Å². The molecule has 1 aromatic carbocycles. The Bertz CT molecular complexity index is 597. The number of benzene rings is 1. The predicted molar refractivity (Wildman–Crippen MR) is 74.6 cm³/mol. The number of nitrogens with one attached hydrogen (secondary N) is 1. The number of hydrogen-bond acceptors (Lipinski definition) is 3. The average molecular weight is 297 g/mol. The number of halogens is 2. The van der Waals surface area contributed by atoms with Crippen molar-refractivity contribution >= 4 is 34.8 Å². The Morgan fingerprint density at radius 3 is 2.58 bits per heavy atom. The molecule has 0 aliphatic rings. The molecule has 0 fully saturated rings. The third kappa shape index (κ3) is 3.04. The Morgan fingerprint density at radius 1 is 1.26 bits per heavy atom. The fourth-order valence-corrected chi connectivity index (χ4v) is 2.06. The van der Waals surface area contributed by atoms with Gasteiger partial charge in [-0.2, -0.15) is 0 Å². The Hall–Kier alpha value is -1.62. The van der Waals surface area contributed by atoms with Crippen LogP contribution in [-0.4, -0.2) is 16.0 Å². The number of hydrogen-bond donors (Lipinski definition) is 2. The van der Waals surface area contributed by atoms with E-state index in [1.54, 1.807) is 18.2 Å². The van der Waals surface area contributed by atoms with Gasteiger partial charge in [0.1, 0.15) is 0 Å². The molecule has 0 atom stereocenters. The summed E-state index contributed by atoms with van der Waals surface area (Å²) in [4.78, 5) is 16.0. The maximum atomic E-state index is 12.1. The van der Waals surface area contributed by atoms with Crippen molar-refractivity contribution in [3.8, 4) is 0 Å². The number of rotatable bonds is 3. The van der Waals surface area contributed by atoms with E-state index in [-0.39, 0.29) is 6.61 Å². The fraction of sp³-hybridized carbons (Fsp3) is 0.0769. The number of carbonyl (C=O) groups excluding carboxylic acids is 1. The molecule has 2 rings (SSSR count). The van der Waals surface area contributed by atoms with Gasteiger partial charge in [-0.05, 0) is 18.2 Å². The second kappa shape index (κ2) is 6.02. The summed E-state index contributed by atoms with van der Waals surface area (Å²) in [6, 6.07) is 6.46. The van der Waals surface area contributed by atoms with Gasteiger partial charge in [-0.25, -0.2) is 0 Å². The largest absolute Gasteiger partial charge is 0.392 e. The lowest BCUT2D eigenvalue weighted by Gasteiger charge is -2.10. The van der Waals surface area contributed by atoms with E-state index in [1.807, 2.05) is 0 Å². The van der Waals surface area contributed by atoms with E-state index in [9.17, 15) is 9.90 Å². The zero-order chi connectivity index (χ0) is 13.8. The number of pyridine rings is 1. The average Bonchev–Trinajstić information content (AvgIpc) is 2.42. The molecule has 0 spiro atoms. The Balaban J connectivity index is 2.31. The van der Waals surface area contributed by atoms with Crippen LogP contribution >= 0.6 is 23.2 Å². The van der Waals surface area contributed by atoms with Crippen molar-refractivity contribution in [2.24, 2.45) is 0 Å². The molecule has 6 heteroatoms. The topological polar surface area (TPSA) is 62.2 Å². The van der Waals surface area contributed by atoms with Crippen molar-refractivity contribution in [2.75, 3.05) is 5.32 Å². The van der Waals surface area contributed by atoms with E-state index >= 15 is 0 Å². The molecule has 98 valence electrons. The number of carbonyl (C=O) groups is 1. The molecule has 2 N–H and O–H groups in total. The lowest BCUT2D eigenvalue weighted by Crippen LogP contribution is -2.15. The molecule has 1 heterocycles. The van der Waals surface area contributed by atoms with Crippen molar-refractivity contribution < 1.29 is 9.90 Å². The molecule has 4 nitrogen and oxygen atoms in total. The third-order valence-electron chi connectivity index (χ3n) is 2.52. The highest BCUT2D eigenvalue weighted by Gasteiger charge is 2.14. The van der Waals surface area contributed by atoms with E-state index in [1.165, 1.54) is 18.5 Å². The van der Waals surface area contributed by atoms with Crippen LogP contribution in [0.25, 0.3) is 0 Å². The van der Waals surface area contributed by atoms with Crippen LogP contribution in [0, 0.1) is 0 Å². The molecule has 0 radical (unpaired) electrons. The van der Waals surface area contributed by atoms with E-state index in [4.69, 9.17) is 23.2 Å². The van der Waals surface area contributed by atoms with Crippen molar-refractivity contribution in [1.82, 2.24) is 4.98 Å². The van der Waals surface area contributed by atoms with E-state index in [0.717, 1.165) is 0 Å². The summed E-state index contributed by atoms with van der Waals surface area (Å²) < 4.78 is 0. The lowest BCUT2D eigenvalue weighted by atomic mass is 10.1. The summed E-state index contributed by atoms with van der Waals surface area (Å²) in [5.41, 5.74) is 1.10. The van der Waals surface area contributed by atoms with Crippen LogP contribution in [0.2, 0.25) is 10.0 Å². The van der Waals surface area contributed by atoms with Crippen LogP contribution in [0.4, 0.5) is 5.69 Å². The van der Waals surface area contributed by atoms with Crippen LogP contribution in [0.5, 0.6) is 0 Å². The zero-order valence-corrected chi connectivity index (χ0v) is 11.2. The number of amides is 1. The first-order valence-electron chi connectivity index (χ1n) is 5.42. The molecule has 19 heavy (non-hydrogen) atoms. The number of para-hydroxylation sites is 1. The van der Waals surface area contributed by atoms with Gasteiger partial charge in [-0.1, -0.05) is 29.3 Å². The summed E-state index contributed by atoms with van der Waals surface area (Å²) in [5, 5.41) is 12.5. The monoisotopic (exact) mass is 296 g/mol. The summed E-state index contributed by atoms with van der Waals surface area (Å²) >= 11 is 11.9. The molecule has 0 aliphatic carbocycles. The van der Waals surface area contributed by atoms with Crippen molar-refractivity contribution in [2.45, 2.75) is 6.61 Å². The first kappa shape index (κ1) is 13.8. The molecule has 1 aromatic heterocycles. The van der Waals surface area contributed by atoms with Gasteiger partial charge in [0.05, 0.1) is 22.3 Å². The molecule has 0 saturated heterocycles. The Morgan fingerprint density at radius 2 is 1.95 bits per heavy atom.